The fourth-order valence-electron chi connectivity index (χ4n) is 2.70. The van der Waals surface area contributed by atoms with E-state index in [1.54, 1.807) is 7.11 Å². The quantitative estimate of drug-likeness (QED) is 0.426. The lowest BCUT2D eigenvalue weighted by Gasteiger charge is -2.03. The second kappa shape index (κ2) is 7.79. The highest BCUT2D eigenvalue weighted by atomic mass is 32.1. The summed E-state index contributed by atoms with van der Waals surface area (Å²) in [6, 6.07) is 17.0. The van der Waals surface area contributed by atoms with E-state index in [-0.39, 0.29) is 16.1 Å². The normalized spacial score (nSPS) is 10.5. The molecule has 0 fully saturated rings. The van der Waals surface area contributed by atoms with E-state index in [0.29, 0.717) is 10.1 Å². The van der Waals surface area contributed by atoms with Crippen LogP contribution in [0.1, 0.15) is 15.2 Å². The van der Waals surface area contributed by atoms with Crippen molar-refractivity contribution in [3.8, 4) is 11.8 Å². The summed E-state index contributed by atoms with van der Waals surface area (Å²) in [6.07, 6.45) is 0. The molecule has 144 valence electrons. The van der Waals surface area contributed by atoms with Crippen LogP contribution in [-0.4, -0.2) is 18.0 Å². The lowest BCUT2D eigenvalue weighted by molar-refractivity contribution is 0.103. The smallest absolute Gasteiger partial charge is 0.269 e. The maximum atomic E-state index is 12.8. The zero-order valence-corrected chi connectivity index (χ0v) is 16.9. The molecule has 0 atom stereocenters. The van der Waals surface area contributed by atoms with Gasteiger partial charge in [0.15, 0.2) is 5.13 Å². The first kappa shape index (κ1) is 18.7. The van der Waals surface area contributed by atoms with Crippen molar-refractivity contribution < 1.29 is 9.53 Å². The van der Waals surface area contributed by atoms with E-state index >= 15 is 0 Å². The number of hydrogen-bond acceptors (Lipinski definition) is 8. The molecule has 4 rings (SSSR count). The minimum Gasteiger partial charge on any atom is -0.497 e. The number of aromatic nitrogens is 1. The molecule has 0 saturated carbocycles. The first-order chi connectivity index (χ1) is 14.1. The SMILES string of the molecule is COc1ccc2nc(NC(=O)c3sc(Nc4ccccc4)c(C#N)c3N)sc2c1. The Hall–Kier alpha value is -3.61. The molecule has 0 aliphatic rings. The van der Waals surface area contributed by atoms with Gasteiger partial charge in [0.05, 0.1) is 23.0 Å². The number of methoxy groups -OCH3 is 1. The number of nitrogens with one attached hydrogen (secondary N) is 2. The number of ether oxygens (including phenoxy) is 1. The predicted molar refractivity (Wildman–Crippen MR) is 117 cm³/mol. The van der Waals surface area contributed by atoms with Gasteiger partial charge in [0, 0.05) is 5.69 Å². The van der Waals surface area contributed by atoms with Crippen molar-refractivity contribution in [1.82, 2.24) is 4.98 Å². The van der Waals surface area contributed by atoms with E-state index in [1.807, 2.05) is 48.5 Å². The number of nitriles is 1. The monoisotopic (exact) mass is 421 g/mol. The molecule has 2 aromatic carbocycles. The average molecular weight is 422 g/mol. The third-order valence-corrected chi connectivity index (χ3v) is 6.16. The summed E-state index contributed by atoms with van der Waals surface area (Å²) in [5.74, 6) is 0.313. The molecule has 9 heteroatoms. The van der Waals surface area contributed by atoms with Crippen LogP contribution in [0.15, 0.2) is 48.5 Å². The molecule has 0 radical (unpaired) electrons. The molecular formula is C20H15N5O2S2. The van der Waals surface area contributed by atoms with Crippen molar-refractivity contribution in [3.63, 3.8) is 0 Å². The summed E-state index contributed by atoms with van der Waals surface area (Å²) < 4.78 is 6.11. The summed E-state index contributed by atoms with van der Waals surface area (Å²) in [7, 11) is 1.60. The molecule has 0 bridgehead atoms. The van der Waals surface area contributed by atoms with Crippen LogP contribution in [0.5, 0.6) is 5.75 Å². The van der Waals surface area contributed by atoms with Gasteiger partial charge in [-0.05, 0) is 30.3 Å². The number of hydrogen-bond donors (Lipinski definition) is 3. The van der Waals surface area contributed by atoms with Gasteiger partial charge in [0.25, 0.3) is 5.91 Å². The summed E-state index contributed by atoms with van der Waals surface area (Å²) in [4.78, 5) is 17.5. The molecule has 29 heavy (non-hydrogen) atoms. The minimum absolute atomic E-state index is 0.149. The van der Waals surface area contributed by atoms with Gasteiger partial charge in [-0.25, -0.2) is 4.98 Å². The van der Waals surface area contributed by atoms with Gasteiger partial charge in [0.2, 0.25) is 0 Å². The van der Waals surface area contributed by atoms with Crippen LogP contribution in [0.4, 0.5) is 21.5 Å². The van der Waals surface area contributed by atoms with Crippen molar-refractivity contribution >= 4 is 60.3 Å². The van der Waals surface area contributed by atoms with Gasteiger partial charge in [-0.3, -0.25) is 10.1 Å². The fourth-order valence-corrected chi connectivity index (χ4v) is 4.58. The molecule has 2 heterocycles. The number of fused-ring (bicyclic) bond motifs is 1. The summed E-state index contributed by atoms with van der Waals surface area (Å²) in [6.45, 7) is 0. The number of benzene rings is 2. The summed E-state index contributed by atoms with van der Waals surface area (Å²) >= 11 is 2.47. The second-order valence-corrected chi connectivity index (χ2v) is 8.01. The van der Waals surface area contributed by atoms with Crippen molar-refractivity contribution in [2.24, 2.45) is 0 Å². The first-order valence-electron chi connectivity index (χ1n) is 8.49. The number of thiophene rings is 1. The van der Waals surface area contributed by atoms with Gasteiger partial charge in [-0.15, -0.1) is 11.3 Å². The van der Waals surface area contributed by atoms with Crippen LogP contribution in [0.2, 0.25) is 0 Å². The van der Waals surface area contributed by atoms with Gasteiger partial charge < -0.3 is 15.8 Å². The van der Waals surface area contributed by atoms with E-state index in [2.05, 4.69) is 21.7 Å². The Morgan fingerprint density at radius 2 is 2.00 bits per heavy atom. The number of nitrogens with zero attached hydrogens (tertiary/aromatic N) is 2. The number of rotatable bonds is 5. The minimum atomic E-state index is -0.406. The molecular weight excluding hydrogens is 406 g/mol. The third-order valence-electron chi connectivity index (χ3n) is 4.11. The average Bonchev–Trinajstić information content (AvgIpc) is 3.27. The van der Waals surface area contributed by atoms with E-state index in [9.17, 15) is 10.1 Å². The van der Waals surface area contributed by atoms with Crippen molar-refractivity contribution in [2.75, 3.05) is 23.5 Å². The molecule has 2 aromatic heterocycles. The zero-order valence-electron chi connectivity index (χ0n) is 15.2. The molecule has 0 saturated heterocycles. The maximum Gasteiger partial charge on any atom is 0.269 e. The molecule has 0 aliphatic heterocycles. The molecule has 4 N–H and O–H groups in total. The Kier molecular flexibility index (Phi) is 5.03. The Labute approximate surface area is 174 Å². The number of carbonyl (C=O) groups is 1. The molecule has 0 unspecified atom stereocenters. The summed E-state index contributed by atoms with van der Waals surface area (Å²) in [5.41, 5.74) is 8.05. The number of carbonyl (C=O) groups excluding carboxylic acids is 1. The third kappa shape index (κ3) is 3.71. The molecule has 0 aliphatic carbocycles. The van der Waals surface area contributed by atoms with Crippen LogP contribution >= 0.6 is 22.7 Å². The Bertz CT molecular complexity index is 1240. The van der Waals surface area contributed by atoms with E-state index in [0.717, 1.165) is 33.0 Å². The topological polar surface area (TPSA) is 113 Å². The molecule has 0 spiro atoms. The highest BCUT2D eigenvalue weighted by Crippen LogP contribution is 2.38. The largest absolute Gasteiger partial charge is 0.497 e. The van der Waals surface area contributed by atoms with Crippen LogP contribution < -0.4 is 21.1 Å². The van der Waals surface area contributed by atoms with Gasteiger partial charge in [0.1, 0.15) is 27.3 Å². The lowest BCUT2D eigenvalue weighted by atomic mass is 10.2. The molecule has 1 amide bonds. The number of nitrogens with two attached hydrogens (primary N) is 1. The van der Waals surface area contributed by atoms with E-state index in [4.69, 9.17) is 10.5 Å². The van der Waals surface area contributed by atoms with Crippen LogP contribution in [-0.2, 0) is 0 Å². The predicted octanol–water partition coefficient (Wildman–Crippen LogP) is 4.82. The van der Waals surface area contributed by atoms with E-state index < -0.39 is 5.91 Å². The number of para-hydroxylation sites is 1. The van der Waals surface area contributed by atoms with E-state index in [1.165, 1.54) is 11.3 Å². The van der Waals surface area contributed by atoms with Crippen molar-refractivity contribution in [2.45, 2.75) is 0 Å². The Morgan fingerprint density at radius 3 is 2.72 bits per heavy atom. The fraction of sp³-hybridized carbons (Fsp3) is 0.0500. The Morgan fingerprint density at radius 1 is 1.21 bits per heavy atom. The van der Waals surface area contributed by atoms with Crippen LogP contribution in [0.25, 0.3) is 10.2 Å². The lowest BCUT2D eigenvalue weighted by Crippen LogP contribution is -2.11. The molecule has 4 aromatic rings. The van der Waals surface area contributed by atoms with Crippen molar-refractivity contribution in [3.05, 3.63) is 59.0 Å². The second-order valence-electron chi connectivity index (χ2n) is 5.96. The first-order valence-corrected chi connectivity index (χ1v) is 10.1. The van der Waals surface area contributed by atoms with Gasteiger partial charge in [-0.1, -0.05) is 29.5 Å². The zero-order chi connectivity index (χ0) is 20.4. The highest BCUT2D eigenvalue weighted by Gasteiger charge is 2.22. The number of nitrogen functional groups attached to an aromatic ring is 1. The standard InChI is InChI=1S/C20H15N5O2S2/c1-27-12-7-8-14-15(9-12)28-20(24-14)25-18(26)17-16(22)13(10-21)19(29-17)23-11-5-3-2-4-6-11/h2-9,23H,22H2,1H3,(H,24,25,26). The van der Waals surface area contributed by atoms with Gasteiger partial charge >= 0.3 is 0 Å². The van der Waals surface area contributed by atoms with Crippen LogP contribution in [0, 0.1) is 11.3 Å². The van der Waals surface area contributed by atoms with Crippen LogP contribution in [0.3, 0.4) is 0 Å². The Balaban J connectivity index is 1.61. The number of amides is 1. The number of anilines is 4. The maximum absolute atomic E-state index is 12.8. The number of thiazole rings is 1. The highest BCUT2D eigenvalue weighted by molar-refractivity contribution is 7.22. The summed E-state index contributed by atoms with van der Waals surface area (Å²) in [5, 5.41) is 16.4. The van der Waals surface area contributed by atoms with Gasteiger partial charge in [-0.2, -0.15) is 5.26 Å². The molecule has 7 nitrogen and oxygen atoms in total. The van der Waals surface area contributed by atoms with Crippen molar-refractivity contribution in [1.29, 1.82) is 5.26 Å².